The molecule has 1 heterocycles. The third-order valence-corrected chi connectivity index (χ3v) is 5.11. The summed E-state index contributed by atoms with van der Waals surface area (Å²) in [4.78, 5) is 38.5. The molecule has 148 valence electrons. The molecule has 3 atom stereocenters. The van der Waals surface area contributed by atoms with Crippen LogP contribution in [0.2, 0.25) is 0 Å². The molecule has 27 heavy (non-hydrogen) atoms. The van der Waals surface area contributed by atoms with E-state index in [0.717, 1.165) is 0 Å². The van der Waals surface area contributed by atoms with Crippen LogP contribution in [-0.4, -0.2) is 54.0 Å². The molecule has 1 saturated heterocycles. The first kappa shape index (κ1) is 20.7. The lowest BCUT2D eigenvalue weighted by Gasteiger charge is -2.37. The van der Waals surface area contributed by atoms with Crippen LogP contribution in [0.15, 0.2) is 24.3 Å². The maximum atomic E-state index is 13.0. The van der Waals surface area contributed by atoms with Crippen LogP contribution in [0.25, 0.3) is 0 Å². The molecule has 7 nitrogen and oxygen atoms in total. The summed E-state index contributed by atoms with van der Waals surface area (Å²) in [7, 11) is 1.55. The molecular formula is C20H28N2O5. The molecule has 1 fully saturated rings. The summed E-state index contributed by atoms with van der Waals surface area (Å²) in [5.74, 6) is -1.29. The minimum Gasteiger partial charge on any atom is -0.497 e. The first-order chi connectivity index (χ1) is 12.7. The molecule has 7 heteroatoms. The molecule has 1 aromatic carbocycles. The van der Waals surface area contributed by atoms with Crippen molar-refractivity contribution < 1.29 is 24.2 Å². The van der Waals surface area contributed by atoms with E-state index in [4.69, 9.17) is 4.74 Å². The monoisotopic (exact) mass is 376 g/mol. The second-order valence-corrected chi connectivity index (χ2v) is 7.42. The van der Waals surface area contributed by atoms with Crippen LogP contribution < -0.4 is 10.1 Å². The average molecular weight is 376 g/mol. The van der Waals surface area contributed by atoms with E-state index in [1.165, 1.54) is 0 Å². The van der Waals surface area contributed by atoms with Crippen LogP contribution >= 0.6 is 0 Å². The van der Waals surface area contributed by atoms with E-state index >= 15 is 0 Å². The van der Waals surface area contributed by atoms with E-state index in [-0.39, 0.29) is 23.7 Å². The maximum Gasteiger partial charge on any atom is 0.306 e. The zero-order valence-electron chi connectivity index (χ0n) is 16.3. The summed E-state index contributed by atoms with van der Waals surface area (Å²) < 4.78 is 5.09. The molecule has 0 aromatic heterocycles. The lowest BCUT2D eigenvalue weighted by Crippen LogP contribution is -2.54. The second kappa shape index (κ2) is 8.88. The van der Waals surface area contributed by atoms with Gasteiger partial charge in [0.2, 0.25) is 5.91 Å². The van der Waals surface area contributed by atoms with E-state index < -0.39 is 17.9 Å². The Hall–Kier alpha value is -2.57. The van der Waals surface area contributed by atoms with Gasteiger partial charge in [-0.2, -0.15) is 0 Å². The van der Waals surface area contributed by atoms with Crippen molar-refractivity contribution in [1.82, 2.24) is 10.2 Å². The van der Waals surface area contributed by atoms with E-state index in [2.05, 4.69) is 5.32 Å². The zero-order chi connectivity index (χ0) is 20.1. The first-order valence-electron chi connectivity index (χ1n) is 9.21. The predicted molar refractivity (Wildman–Crippen MR) is 101 cm³/mol. The highest BCUT2D eigenvalue weighted by Gasteiger charge is 2.36. The van der Waals surface area contributed by atoms with Gasteiger partial charge in [0.15, 0.2) is 0 Å². The molecule has 0 radical (unpaired) electrons. The Morgan fingerprint density at radius 2 is 1.85 bits per heavy atom. The molecule has 0 saturated carbocycles. The van der Waals surface area contributed by atoms with Crippen molar-refractivity contribution in [2.75, 3.05) is 20.2 Å². The van der Waals surface area contributed by atoms with Gasteiger partial charge in [-0.05, 0) is 42.5 Å². The summed E-state index contributed by atoms with van der Waals surface area (Å²) in [6, 6.07) is 6.03. The normalized spacial score (nSPS) is 20.9. The summed E-state index contributed by atoms with van der Waals surface area (Å²) in [5.41, 5.74) is 0.451. The highest BCUT2D eigenvalue weighted by molar-refractivity contribution is 5.97. The highest BCUT2D eigenvalue weighted by atomic mass is 16.5. The van der Waals surface area contributed by atoms with Crippen LogP contribution in [0.5, 0.6) is 5.75 Å². The quantitative estimate of drug-likeness (QED) is 0.792. The van der Waals surface area contributed by atoms with Gasteiger partial charge in [-0.15, -0.1) is 0 Å². The van der Waals surface area contributed by atoms with Crippen LogP contribution in [0, 0.1) is 17.8 Å². The molecule has 1 aliphatic rings. The van der Waals surface area contributed by atoms with Crippen molar-refractivity contribution in [3.05, 3.63) is 29.8 Å². The Bertz CT molecular complexity index is 686. The van der Waals surface area contributed by atoms with Crippen molar-refractivity contribution in [1.29, 1.82) is 0 Å². The van der Waals surface area contributed by atoms with Crippen LogP contribution in [0.3, 0.4) is 0 Å². The Balaban J connectivity index is 2.06. The van der Waals surface area contributed by atoms with Crippen molar-refractivity contribution in [3.8, 4) is 5.75 Å². The number of methoxy groups -OCH3 is 1. The van der Waals surface area contributed by atoms with Gasteiger partial charge in [0.25, 0.3) is 5.91 Å². The number of amides is 2. The second-order valence-electron chi connectivity index (χ2n) is 7.42. The smallest absolute Gasteiger partial charge is 0.306 e. The minimum absolute atomic E-state index is 0.0906. The average Bonchev–Trinajstić information content (AvgIpc) is 2.64. The molecule has 2 amide bonds. The highest BCUT2D eigenvalue weighted by Crippen LogP contribution is 2.24. The Morgan fingerprint density at radius 3 is 2.33 bits per heavy atom. The Kier molecular flexibility index (Phi) is 6.82. The molecule has 0 aliphatic carbocycles. The van der Waals surface area contributed by atoms with Gasteiger partial charge >= 0.3 is 5.97 Å². The van der Waals surface area contributed by atoms with Crippen molar-refractivity contribution >= 4 is 17.8 Å². The predicted octanol–water partition coefficient (Wildman–Crippen LogP) is 2.02. The van der Waals surface area contributed by atoms with Gasteiger partial charge in [-0.3, -0.25) is 14.4 Å². The fourth-order valence-electron chi connectivity index (χ4n) is 3.39. The molecule has 1 aromatic rings. The number of carboxylic acid groups (broad SMARTS) is 1. The Labute approximate surface area is 159 Å². The lowest BCUT2D eigenvalue weighted by atomic mass is 9.86. The van der Waals surface area contributed by atoms with Crippen LogP contribution in [0.1, 0.15) is 37.6 Å². The third-order valence-electron chi connectivity index (χ3n) is 5.11. The number of carboxylic acids is 1. The first-order valence-corrected chi connectivity index (χ1v) is 9.21. The number of nitrogens with one attached hydrogen (secondary N) is 1. The van der Waals surface area contributed by atoms with E-state index in [1.807, 2.05) is 20.8 Å². The molecule has 1 aliphatic heterocycles. The number of piperidine rings is 1. The van der Waals surface area contributed by atoms with Gasteiger partial charge in [-0.1, -0.05) is 20.8 Å². The Morgan fingerprint density at radius 1 is 1.22 bits per heavy atom. The minimum atomic E-state index is -0.817. The summed E-state index contributed by atoms with van der Waals surface area (Å²) in [6.45, 7) is 6.38. The summed E-state index contributed by atoms with van der Waals surface area (Å²) in [5, 5.41) is 12.1. The van der Waals surface area contributed by atoms with Crippen molar-refractivity contribution in [2.45, 2.75) is 33.2 Å². The number of carbonyl (C=O) groups excluding carboxylic acids is 2. The van der Waals surface area contributed by atoms with Gasteiger partial charge in [-0.25, -0.2) is 0 Å². The summed E-state index contributed by atoms with van der Waals surface area (Å²) in [6.07, 6.45) is 0.430. The van der Waals surface area contributed by atoms with Gasteiger partial charge in [0.1, 0.15) is 11.8 Å². The molecule has 0 bridgehead atoms. The summed E-state index contributed by atoms with van der Waals surface area (Å²) >= 11 is 0. The molecular weight excluding hydrogens is 348 g/mol. The fourth-order valence-corrected chi connectivity index (χ4v) is 3.39. The third kappa shape index (κ3) is 4.99. The van der Waals surface area contributed by atoms with Crippen LogP contribution in [0.4, 0.5) is 0 Å². The van der Waals surface area contributed by atoms with Crippen LogP contribution in [-0.2, 0) is 9.59 Å². The number of ether oxygens (including phenoxy) is 1. The number of aliphatic carboxylic acids is 1. The number of likely N-dealkylation sites (tertiary alicyclic amines) is 1. The standard InChI is InChI=1S/C20H28N2O5/c1-12(2)17(21-18(23)14-5-7-15(27-4)8-6-14)19(24)22-10-9-16(20(25)26)13(3)11-22/h5-8,12-13,16-17H,9-11H2,1-4H3,(H,21,23)(H,25,26). The van der Waals surface area contributed by atoms with Crippen molar-refractivity contribution in [3.63, 3.8) is 0 Å². The molecule has 2 rings (SSSR count). The number of rotatable bonds is 6. The van der Waals surface area contributed by atoms with Crippen molar-refractivity contribution in [2.24, 2.45) is 17.8 Å². The lowest BCUT2D eigenvalue weighted by molar-refractivity contribution is -0.149. The number of benzene rings is 1. The maximum absolute atomic E-state index is 13.0. The largest absolute Gasteiger partial charge is 0.497 e. The molecule has 3 unspecified atom stereocenters. The fraction of sp³-hybridized carbons (Fsp3) is 0.550. The number of nitrogens with zero attached hydrogens (tertiary/aromatic N) is 1. The topological polar surface area (TPSA) is 95.9 Å². The number of hydrogen-bond donors (Lipinski definition) is 2. The van der Waals surface area contributed by atoms with E-state index in [0.29, 0.717) is 30.8 Å². The molecule has 2 N–H and O–H groups in total. The zero-order valence-corrected chi connectivity index (χ0v) is 16.3. The SMILES string of the molecule is COc1ccc(C(=O)NC(C(=O)N2CCC(C(=O)O)C(C)C2)C(C)C)cc1. The van der Waals surface area contributed by atoms with Gasteiger partial charge in [0.05, 0.1) is 13.0 Å². The van der Waals surface area contributed by atoms with Gasteiger partial charge < -0.3 is 20.1 Å². The molecule has 0 spiro atoms. The number of carbonyl (C=O) groups is 3. The number of hydrogen-bond acceptors (Lipinski definition) is 4. The van der Waals surface area contributed by atoms with E-state index in [1.54, 1.807) is 36.3 Å². The van der Waals surface area contributed by atoms with E-state index in [9.17, 15) is 19.5 Å². The van der Waals surface area contributed by atoms with Gasteiger partial charge in [0, 0.05) is 18.7 Å².